The van der Waals surface area contributed by atoms with Gasteiger partial charge in [0.2, 0.25) is 10.0 Å². The van der Waals surface area contributed by atoms with Crippen molar-refractivity contribution in [3.8, 4) is 5.75 Å². The molecule has 2 aromatic rings. The minimum Gasteiger partial charge on any atom is -0.404 e. The predicted molar refractivity (Wildman–Crippen MR) is 134 cm³/mol. The van der Waals surface area contributed by atoms with E-state index in [0.717, 1.165) is 23.0 Å². The highest BCUT2D eigenvalue weighted by molar-refractivity contribution is 9.10. The molecule has 216 valence electrons. The van der Waals surface area contributed by atoms with E-state index in [0.29, 0.717) is 17.3 Å². The number of anilines is 1. The van der Waals surface area contributed by atoms with Crippen molar-refractivity contribution in [1.82, 2.24) is 14.1 Å². The highest BCUT2D eigenvalue weighted by Gasteiger charge is 2.41. The molecule has 4 rings (SSSR count). The number of nitrogens with zero attached hydrogens (tertiary/aromatic N) is 3. The number of piperidine rings is 1. The van der Waals surface area contributed by atoms with Gasteiger partial charge >= 0.3 is 6.36 Å². The average molecular weight is 666 g/mol. The second kappa shape index (κ2) is 11.5. The molecule has 17 heteroatoms. The first kappa shape index (κ1) is 30.0. The van der Waals surface area contributed by atoms with Crippen LogP contribution >= 0.6 is 27.5 Å². The van der Waals surface area contributed by atoms with E-state index in [4.69, 9.17) is 16.3 Å². The molecule has 0 spiro atoms. The minimum absolute atomic E-state index is 0.0442. The molecular formula is C22H23BrClF5N4O5S. The number of aromatic nitrogens is 2. The molecule has 39 heavy (non-hydrogen) atoms. The number of benzene rings is 1. The van der Waals surface area contributed by atoms with Crippen molar-refractivity contribution in [1.29, 1.82) is 0 Å². The molecule has 2 saturated heterocycles. The normalized spacial score (nSPS) is 24.9. The maximum Gasteiger partial charge on any atom is 0.573 e. The Labute approximate surface area is 233 Å². The maximum absolute atomic E-state index is 15.3. The molecule has 3 atom stereocenters. The Balaban J connectivity index is 1.50. The van der Waals surface area contributed by atoms with Gasteiger partial charge in [0.25, 0.3) is 5.56 Å². The second-order valence-corrected chi connectivity index (χ2v) is 12.4. The summed E-state index contributed by atoms with van der Waals surface area (Å²) in [5.74, 6) is -0.967. The Morgan fingerprint density at radius 3 is 2.72 bits per heavy atom. The number of ether oxygens (including phenoxy) is 2. The fraction of sp³-hybridized carbons (Fsp3) is 0.545. The summed E-state index contributed by atoms with van der Waals surface area (Å²) < 4.78 is 106. The van der Waals surface area contributed by atoms with Crippen LogP contribution in [0.1, 0.15) is 25.3 Å². The van der Waals surface area contributed by atoms with Crippen LogP contribution < -0.4 is 15.6 Å². The zero-order valence-electron chi connectivity index (χ0n) is 20.1. The molecule has 1 aromatic carbocycles. The van der Waals surface area contributed by atoms with Crippen molar-refractivity contribution in [2.45, 2.75) is 48.4 Å². The largest absolute Gasteiger partial charge is 0.573 e. The molecule has 0 saturated carbocycles. The molecule has 1 aromatic heterocycles. The van der Waals surface area contributed by atoms with Crippen LogP contribution in [-0.2, 0) is 14.8 Å². The number of hydrogen-bond donors (Lipinski definition) is 1. The number of hydrogen-bond acceptors (Lipinski definition) is 7. The molecule has 0 amide bonds. The maximum atomic E-state index is 15.3. The fourth-order valence-electron chi connectivity index (χ4n) is 4.41. The van der Waals surface area contributed by atoms with E-state index in [1.165, 1.54) is 6.07 Å². The number of sulfonamides is 1. The molecule has 3 heterocycles. The minimum atomic E-state index is -5.16. The van der Waals surface area contributed by atoms with Crippen molar-refractivity contribution in [3.05, 3.63) is 44.2 Å². The molecule has 0 bridgehead atoms. The lowest BCUT2D eigenvalue weighted by Gasteiger charge is -2.34. The molecule has 9 nitrogen and oxygen atoms in total. The number of alkyl halides is 5. The summed E-state index contributed by atoms with van der Waals surface area (Å²) >= 11 is 9.18. The monoisotopic (exact) mass is 664 g/mol. The van der Waals surface area contributed by atoms with E-state index in [1.54, 1.807) is 0 Å². The van der Waals surface area contributed by atoms with Gasteiger partial charge < -0.3 is 14.8 Å². The van der Waals surface area contributed by atoms with Gasteiger partial charge in [-0.3, -0.25) is 4.79 Å². The van der Waals surface area contributed by atoms with Crippen LogP contribution in [0.25, 0.3) is 0 Å². The van der Waals surface area contributed by atoms with Crippen molar-refractivity contribution in [3.63, 3.8) is 0 Å². The molecule has 1 N–H and O–H groups in total. The lowest BCUT2D eigenvalue weighted by Crippen LogP contribution is -2.48. The van der Waals surface area contributed by atoms with E-state index in [9.17, 15) is 30.8 Å². The Morgan fingerprint density at radius 1 is 1.33 bits per heavy atom. The van der Waals surface area contributed by atoms with E-state index in [1.807, 2.05) is 0 Å². The SMILES string of the molecule is O=c1c(Cl)c(NC[C@@]2(F)CCCOC2)cnn1[C@@H]1CCN(S(=O)(=O)c2cc(Br)ccc2OC(F)(F)F)C[C@H]1F. The third kappa shape index (κ3) is 6.84. The third-order valence-corrected chi connectivity index (χ3v) is 9.09. The molecule has 2 aliphatic heterocycles. The molecule has 2 aliphatic rings. The summed E-state index contributed by atoms with van der Waals surface area (Å²) in [6.45, 7) is -0.936. The Bertz CT molecular complexity index is 1370. The van der Waals surface area contributed by atoms with Gasteiger partial charge in [-0.05, 0) is 37.5 Å². The topological polar surface area (TPSA) is 103 Å². The van der Waals surface area contributed by atoms with Crippen molar-refractivity contribution in [2.24, 2.45) is 0 Å². The van der Waals surface area contributed by atoms with E-state index in [2.05, 4.69) is 31.1 Å². The van der Waals surface area contributed by atoms with Crippen LogP contribution in [0.4, 0.5) is 27.6 Å². The second-order valence-electron chi connectivity index (χ2n) is 9.16. The average Bonchev–Trinajstić information content (AvgIpc) is 2.86. The van der Waals surface area contributed by atoms with Crippen LogP contribution in [0, 0.1) is 0 Å². The van der Waals surface area contributed by atoms with Gasteiger partial charge in [0.15, 0.2) is 5.67 Å². The summed E-state index contributed by atoms with van der Waals surface area (Å²) in [7, 11) is -4.63. The van der Waals surface area contributed by atoms with Gasteiger partial charge in [-0.1, -0.05) is 27.5 Å². The lowest BCUT2D eigenvalue weighted by atomic mass is 9.99. The number of halogens is 7. The van der Waals surface area contributed by atoms with Gasteiger partial charge in [-0.15, -0.1) is 13.2 Å². The molecule has 0 radical (unpaired) electrons. The summed E-state index contributed by atoms with van der Waals surface area (Å²) in [5, 5.41) is 6.34. The first-order chi connectivity index (χ1) is 18.2. The van der Waals surface area contributed by atoms with E-state index < -0.39 is 57.0 Å². The van der Waals surface area contributed by atoms with Crippen molar-refractivity contribution in [2.75, 3.05) is 38.2 Å². The zero-order valence-corrected chi connectivity index (χ0v) is 23.2. The summed E-state index contributed by atoms with van der Waals surface area (Å²) in [6, 6.07) is 1.72. The number of nitrogens with one attached hydrogen (secondary N) is 1. The van der Waals surface area contributed by atoms with Crippen molar-refractivity contribution < 1.29 is 39.8 Å². The highest BCUT2D eigenvalue weighted by Crippen LogP contribution is 2.36. The Hall–Kier alpha value is -2.01. The first-order valence-corrected chi connectivity index (χ1v) is 14.3. The zero-order chi connectivity index (χ0) is 28.6. The van der Waals surface area contributed by atoms with Gasteiger partial charge in [-0.2, -0.15) is 9.40 Å². The standard InChI is InChI=1S/C22H23BrClF5N4O5S/c23-13-2-3-17(38-22(27,28)29)18(8-13)39(35,36)32-6-4-16(14(25)10-32)33-20(34)19(24)15(9-31-33)30-11-21(26)5-1-7-37-12-21/h2-3,8-9,14,16,30H,1,4-7,10-12H2/t14-,16-,21+/m1/s1. The van der Waals surface area contributed by atoms with E-state index in [-0.39, 0.29) is 47.7 Å². The molecular weight excluding hydrogens is 643 g/mol. The molecule has 0 unspecified atom stereocenters. The fourth-order valence-corrected chi connectivity index (χ4v) is 6.72. The first-order valence-electron chi connectivity index (χ1n) is 11.7. The third-order valence-electron chi connectivity index (χ3n) is 6.35. The molecule has 0 aliphatic carbocycles. The van der Waals surface area contributed by atoms with Gasteiger partial charge in [0, 0.05) is 24.2 Å². The van der Waals surface area contributed by atoms with Crippen molar-refractivity contribution >= 4 is 43.2 Å². The summed E-state index contributed by atoms with van der Waals surface area (Å²) in [5.41, 5.74) is -2.48. The van der Waals surface area contributed by atoms with Crippen LogP contribution in [0.5, 0.6) is 5.75 Å². The van der Waals surface area contributed by atoms with E-state index >= 15 is 4.39 Å². The summed E-state index contributed by atoms with van der Waals surface area (Å²) in [6.07, 6.45) is -5.40. The summed E-state index contributed by atoms with van der Waals surface area (Å²) in [4.78, 5) is 12.1. The van der Waals surface area contributed by atoms with Gasteiger partial charge in [0.1, 0.15) is 21.8 Å². The van der Waals surface area contributed by atoms with Crippen LogP contribution in [0.15, 0.2) is 38.6 Å². The van der Waals surface area contributed by atoms with Crippen LogP contribution in [-0.4, -0.2) is 73.6 Å². The van der Waals surface area contributed by atoms with Crippen LogP contribution in [0.2, 0.25) is 5.02 Å². The lowest BCUT2D eigenvalue weighted by molar-refractivity contribution is -0.275. The Morgan fingerprint density at radius 2 is 2.08 bits per heavy atom. The smallest absolute Gasteiger partial charge is 0.404 e. The van der Waals surface area contributed by atoms with Gasteiger partial charge in [0.05, 0.1) is 31.1 Å². The molecule has 2 fully saturated rings. The number of rotatable bonds is 7. The predicted octanol–water partition coefficient (Wildman–Crippen LogP) is 4.46. The quantitative estimate of drug-likeness (QED) is 0.436. The highest BCUT2D eigenvalue weighted by atomic mass is 79.9. The Kier molecular flexibility index (Phi) is 8.81. The van der Waals surface area contributed by atoms with Crippen LogP contribution in [0.3, 0.4) is 0 Å². The van der Waals surface area contributed by atoms with Gasteiger partial charge in [-0.25, -0.2) is 21.9 Å².